The molecule has 0 amide bonds. The third kappa shape index (κ3) is 3.12. The zero-order valence-electron chi connectivity index (χ0n) is 11.2. The van der Waals surface area contributed by atoms with E-state index in [9.17, 15) is 9.18 Å². The Morgan fingerprint density at radius 1 is 1.00 bits per heavy atom. The normalized spacial score (nSPS) is 10.3. The minimum Gasteiger partial charge on any atom is -0.493 e. The standard InChI is InChI=1S/C15H11Cl2FO3/c1-20-13-6-10(12(18)7-14(13)21-2)15(19)9-5-8(16)3-4-11(9)17/h3-7H,1-2H3. The van der Waals surface area contributed by atoms with E-state index >= 15 is 0 Å². The SMILES string of the molecule is COc1cc(F)c(C(=O)c2cc(Cl)ccc2Cl)cc1OC. The second-order valence-electron chi connectivity index (χ2n) is 4.14. The maximum absolute atomic E-state index is 14.1. The first-order chi connectivity index (χ1) is 9.97. The molecule has 2 aromatic rings. The summed E-state index contributed by atoms with van der Waals surface area (Å²) in [5.41, 5.74) is -0.0490. The lowest BCUT2D eigenvalue weighted by molar-refractivity contribution is 0.103. The molecule has 0 spiro atoms. The highest BCUT2D eigenvalue weighted by atomic mass is 35.5. The second kappa shape index (κ2) is 6.33. The highest BCUT2D eigenvalue weighted by molar-refractivity contribution is 6.36. The van der Waals surface area contributed by atoms with Gasteiger partial charge in [0.15, 0.2) is 17.3 Å². The van der Waals surface area contributed by atoms with Crippen LogP contribution >= 0.6 is 23.2 Å². The topological polar surface area (TPSA) is 35.5 Å². The summed E-state index contributed by atoms with van der Waals surface area (Å²) in [5, 5.41) is 0.530. The van der Waals surface area contributed by atoms with Crippen molar-refractivity contribution in [3.8, 4) is 11.5 Å². The predicted octanol–water partition coefficient (Wildman–Crippen LogP) is 4.38. The molecule has 21 heavy (non-hydrogen) atoms. The fourth-order valence-electron chi connectivity index (χ4n) is 1.84. The highest BCUT2D eigenvalue weighted by Gasteiger charge is 2.20. The van der Waals surface area contributed by atoms with Gasteiger partial charge >= 0.3 is 0 Å². The number of carbonyl (C=O) groups excluding carboxylic acids is 1. The fraction of sp³-hybridized carbons (Fsp3) is 0.133. The van der Waals surface area contributed by atoms with Gasteiger partial charge in [0, 0.05) is 16.7 Å². The Morgan fingerprint density at radius 3 is 2.24 bits per heavy atom. The van der Waals surface area contributed by atoms with Crippen LogP contribution in [0.1, 0.15) is 15.9 Å². The summed E-state index contributed by atoms with van der Waals surface area (Å²) in [6.07, 6.45) is 0. The molecule has 0 aromatic heterocycles. The first-order valence-corrected chi connectivity index (χ1v) is 6.64. The Bertz CT molecular complexity index is 702. The Morgan fingerprint density at radius 2 is 1.62 bits per heavy atom. The van der Waals surface area contributed by atoms with Crippen molar-refractivity contribution >= 4 is 29.0 Å². The highest BCUT2D eigenvalue weighted by Crippen LogP contribution is 2.32. The van der Waals surface area contributed by atoms with Crippen LogP contribution in [0.2, 0.25) is 10.0 Å². The predicted molar refractivity (Wildman–Crippen MR) is 79.4 cm³/mol. The number of ketones is 1. The van der Waals surface area contributed by atoms with Gasteiger partial charge in [-0.05, 0) is 24.3 Å². The molecule has 0 saturated carbocycles. The molecule has 0 atom stereocenters. The lowest BCUT2D eigenvalue weighted by atomic mass is 10.0. The van der Waals surface area contributed by atoms with E-state index in [0.717, 1.165) is 6.07 Å². The van der Waals surface area contributed by atoms with Crippen molar-refractivity contribution in [1.29, 1.82) is 0 Å². The maximum atomic E-state index is 14.1. The van der Waals surface area contributed by atoms with Gasteiger partial charge in [-0.1, -0.05) is 23.2 Å². The fourth-order valence-corrected chi connectivity index (χ4v) is 2.22. The van der Waals surface area contributed by atoms with Crippen LogP contribution in [-0.4, -0.2) is 20.0 Å². The summed E-state index contributed by atoms with van der Waals surface area (Å²) < 4.78 is 24.1. The summed E-state index contributed by atoms with van der Waals surface area (Å²) in [4.78, 5) is 12.4. The van der Waals surface area contributed by atoms with Gasteiger partial charge < -0.3 is 9.47 Å². The number of benzene rings is 2. The van der Waals surface area contributed by atoms with E-state index in [1.165, 1.54) is 32.4 Å². The average molecular weight is 329 g/mol. The summed E-state index contributed by atoms with van der Waals surface area (Å²) in [5.74, 6) is -0.862. The van der Waals surface area contributed by atoms with E-state index < -0.39 is 11.6 Å². The number of carbonyl (C=O) groups is 1. The van der Waals surface area contributed by atoms with Gasteiger partial charge in [-0.25, -0.2) is 4.39 Å². The van der Waals surface area contributed by atoms with Gasteiger partial charge in [-0.2, -0.15) is 0 Å². The van der Waals surface area contributed by atoms with E-state index in [1.54, 1.807) is 6.07 Å². The zero-order valence-corrected chi connectivity index (χ0v) is 12.8. The van der Waals surface area contributed by atoms with E-state index in [1.807, 2.05) is 0 Å². The molecule has 0 aliphatic heterocycles. The molecule has 110 valence electrons. The first-order valence-electron chi connectivity index (χ1n) is 5.89. The summed E-state index contributed by atoms with van der Waals surface area (Å²) >= 11 is 11.8. The molecule has 3 nitrogen and oxygen atoms in total. The van der Waals surface area contributed by atoms with Crippen molar-refractivity contribution in [1.82, 2.24) is 0 Å². The number of halogens is 3. The Labute approximate surface area is 131 Å². The molecular weight excluding hydrogens is 318 g/mol. The summed E-state index contributed by atoms with van der Waals surface area (Å²) in [6.45, 7) is 0. The van der Waals surface area contributed by atoms with Gasteiger partial charge in [0.1, 0.15) is 5.82 Å². The minimum atomic E-state index is -0.728. The lowest BCUT2D eigenvalue weighted by Crippen LogP contribution is -2.06. The number of hydrogen-bond donors (Lipinski definition) is 0. The van der Waals surface area contributed by atoms with Crippen LogP contribution in [0.25, 0.3) is 0 Å². The third-order valence-electron chi connectivity index (χ3n) is 2.89. The molecule has 2 aromatic carbocycles. The zero-order chi connectivity index (χ0) is 15.6. The van der Waals surface area contributed by atoms with E-state index in [4.69, 9.17) is 32.7 Å². The van der Waals surface area contributed by atoms with Crippen LogP contribution < -0.4 is 9.47 Å². The Balaban J connectivity index is 2.55. The Kier molecular flexibility index (Phi) is 4.70. The van der Waals surface area contributed by atoms with Crippen LogP contribution in [0.5, 0.6) is 11.5 Å². The molecule has 0 radical (unpaired) electrons. The summed E-state index contributed by atoms with van der Waals surface area (Å²) in [6, 6.07) is 6.78. The molecule has 6 heteroatoms. The third-order valence-corrected chi connectivity index (χ3v) is 3.46. The smallest absolute Gasteiger partial charge is 0.197 e. The molecule has 2 rings (SSSR count). The van der Waals surface area contributed by atoms with Crippen molar-refractivity contribution in [2.75, 3.05) is 14.2 Å². The van der Waals surface area contributed by atoms with Crippen LogP contribution in [0.3, 0.4) is 0 Å². The lowest BCUT2D eigenvalue weighted by Gasteiger charge is -2.11. The molecule has 0 saturated heterocycles. The van der Waals surface area contributed by atoms with Gasteiger partial charge in [0.2, 0.25) is 0 Å². The van der Waals surface area contributed by atoms with Crippen LogP contribution in [0, 0.1) is 5.82 Å². The van der Waals surface area contributed by atoms with Crippen LogP contribution in [-0.2, 0) is 0 Å². The van der Waals surface area contributed by atoms with Gasteiger partial charge in [0.05, 0.1) is 24.8 Å². The second-order valence-corrected chi connectivity index (χ2v) is 4.98. The van der Waals surface area contributed by atoms with Crippen LogP contribution in [0.15, 0.2) is 30.3 Å². The quantitative estimate of drug-likeness (QED) is 0.781. The molecule has 0 bridgehead atoms. The largest absolute Gasteiger partial charge is 0.493 e. The van der Waals surface area contributed by atoms with Crippen molar-refractivity contribution in [3.63, 3.8) is 0 Å². The molecule has 0 aliphatic carbocycles. The summed E-state index contributed by atoms with van der Waals surface area (Å²) in [7, 11) is 2.78. The first kappa shape index (κ1) is 15.6. The van der Waals surface area contributed by atoms with E-state index in [2.05, 4.69) is 0 Å². The van der Waals surface area contributed by atoms with Gasteiger partial charge in [-0.15, -0.1) is 0 Å². The van der Waals surface area contributed by atoms with E-state index in [0.29, 0.717) is 5.02 Å². The number of rotatable bonds is 4. The van der Waals surface area contributed by atoms with Crippen molar-refractivity contribution < 1.29 is 18.7 Å². The van der Waals surface area contributed by atoms with Gasteiger partial charge in [-0.3, -0.25) is 4.79 Å². The molecule has 0 fully saturated rings. The van der Waals surface area contributed by atoms with Crippen molar-refractivity contribution in [3.05, 3.63) is 57.3 Å². The monoisotopic (exact) mass is 328 g/mol. The Hall–Kier alpha value is -1.78. The minimum absolute atomic E-state index is 0.121. The molecule has 0 N–H and O–H groups in total. The van der Waals surface area contributed by atoms with E-state index in [-0.39, 0.29) is 27.6 Å². The number of methoxy groups -OCH3 is 2. The molecular formula is C15H11Cl2FO3. The van der Waals surface area contributed by atoms with Crippen LogP contribution in [0.4, 0.5) is 4.39 Å². The van der Waals surface area contributed by atoms with Gasteiger partial charge in [0.25, 0.3) is 0 Å². The number of ether oxygens (including phenoxy) is 2. The average Bonchev–Trinajstić information content (AvgIpc) is 2.48. The molecule has 0 heterocycles. The molecule has 0 unspecified atom stereocenters. The molecule has 0 aliphatic rings. The maximum Gasteiger partial charge on any atom is 0.197 e. The number of hydrogen-bond acceptors (Lipinski definition) is 3. The van der Waals surface area contributed by atoms with Crippen molar-refractivity contribution in [2.45, 2.75) is 0 Å². The van der Waals surface area contributed by atoms with Crippen molar-refractivity contribution in [2.24, 2.45) is 0 Å².